The highest BCUT2D eigenvalue weighted by molar-refractivity contribution is 7.31. The van der Waals surface area contributed by atoms with Gasteiger partial charge in [0.1, 0.15) is 0 Å². The number of hydrogen-bond acceptors (Lipinski definition) is 21. The van der Waals surface area contributed by atoms with Crippen molar-refractivity contribution >= 4 is 68.0 Å². The first-order valence-electron chi connectivity index (χ1n) is 53.9. The van der Waals surface area contributed by atoms with Crippen LogP contribution in [0.5, 0.6) is 0 Å². The van der Waals surface area contributed by atoms with Crippen LogP contribution >= 0.6 is 68.0 Å². The maximum Gasteiger partial charge on any atom is 0.248 e. The molecule has 15 rings (SSSR count). The lowest BCUT2D eigenvalue weighted by molar-refractivity contribution is -0.0189. The molecule has 137 heavy (non-hydrogen) atoms. The molecule has 0 aliphatic heterocycles. The van der Waals surface area contributed by atoms with Gasteiger partial charge in [0.2, 0.25) is 11.8 Å². The third-order valence-corrected chi connectivity index (χ3v) is 38.0. The lowest BCUT2D eigenvalue weighted by Gasteiger charge is -2.30. The van der Waals surface area contributed by atoms with Crippen molar-refractivity contribution in [3.05, 3.63) is 127 Å². The van der Waals surface area contributed by atoms with E-state index in [0.717, 1.165) is 322 Å². The smallest absolute Gasteiger partial charge is 0.248 e. The second-order valence-corrected chi connectivity index (χ2v) is 48.0. The van der Waals surface area contributed by atoms with E-state index in [1.54, 1.807) is 0 Å². The predicted molar refractivity (Wildman–Crippen MR) is 573 cm³/mol. The van der Waals surface area contributed by atoms with Crippen LogP contribution in [0.2, 0.25) is 0 Å². The fourth-order valence-corrected chi connectivity index (χ4v) is 30.5. The predicted octanol–water partition coefficient (Wildman–Crippen LogP) is 30.1. The molecule has 0 fully saturated rings. The number of ether oxygens (including phenoxy) is 12. The molecule has 0 amide bonds. The average Bonchev–Trinajstić information content (AvgIpc) is 1.53. The van der Waals surface area contributed by atoms with E-state index in [0.29, 0.717) is 91.1 Å². The average molecular weight is 1990 g/mol. The van der Waals surface area contributed by atoms with Crippen LogP contribution in [0.15, 0.2) is 64.4 Å². The van der Waals surface area contributed by atoms with E-state index in [9.17, 15) is 0 Å². The number of hydrogen-bond donors (Lipinski definition) is 0. The van der Waals surface area contributed by atoms with Gasteiger partial charge in [0.15, 0.2) is 0 Å². The second kappa shape index (κ2) is 52.4. The van der Waals surface area contributed by atoms with E-state index in [2.05, 4.69) is 168 Å². The summed E-state index contributed by atoms with van der Waals surface area (Å²) in [5, 5.41) is 11.7. The highest BCUT2D eigenvalue weighted by atomic mass is 32.1. The number of rotatable bonds is 68. The highest BCUT2D eigenvalue weighted by Crippen LogP contribution is 2.66. The molecule has 0 atom stereocenters. The molecule has 0 N–H and O–H groups in total. The Hall–Kier alpha value is -4.70. The zero-order valence-corrected chi connectivity index (χ0v) is 90.8. The Morgan fingerprint density at radius 2 is 0.409 bits per heavy atom. The first kappa shape index (κ1) is 107. The lowest BCUT2D eigenvalue weighted by atomic mass is 9.85. The highest BCUT2D eigenvalue weighted by Gasteiger charge is 2.53. The fraction of sp³-hybridized carbons (Fsp3) is 0.672. The molecule has 9 aromatic rings. The minimum atomic E-state index is -0.300. The summed E-state index contributed by atoms with van der Waals surface area (Å²) < 4.78 is 90.6. The molecular formula is C116H166N2O13S6. The lowest BCUT2D eigenvalue weighted by Crippen LogP contribution is -2.34. The van der Waals surface area contributed by atoms with E-state index in [1.165, 1.54) is 126 Å². The van der Waals surface area contributed by atoms with Crippen molar-refractivity contribution < 1.29 is 61.3 Å². The molecule has 754 valence electrons. The molecule has 7 aromatic heterocycles. The summed E-state index contributed by atoms with van der Waals surface area (Å²) in [6.07, 6.45) is 36.3. The van der Waals surface area contributed by atoms with Gasteiger partial charge in [-0.15, -0.1) is 78.2 Å². The summed E-state index contributed by atoms with van der Waals surface area (Å²) in [6.45, 7) is 44.3. The van der Waals surface area contributed by atoms with Gasteiger partial charge < -0.3 is 61.3 Å². The van der Waals surface area contributed by atoms with Crippen molar-refractivity contribution in [2.24, 2.45) is 32.5 Å². The molecule has 0 radical (unpaired) electrons. The molecular weight excluding hydrogens is 1820 g/mol. The van der Waals surface area contributed by atoms with Gasteiger partial charge in [-0.3, -0.25) is 0 Å². The summed E-state index contributed by atoms with van der Waals surface area (Å²) in [6, 6.07) is 19.1. The van der Waals surface area contributed by atoms with E-state index in [-0.39, 0.29) is 32.5 Å². The van der Waals surface area contributed by atoms with E-state index < -0.39 is 0 Å². The summed E-state index contributed by atoms with van der Waals surface area (Å²) >= 11 is 12.5. The van der Waals surface area contributed by atoms with E-state index in [4.69, 9.17) is 61.3 Å². The molecule has 0 unspecified atom stereocenters. The Balaban J connectivity index is 0.960. The first-order valence-corrected chi connectivity index (χ1v) is 58.9. The Morgan fingerprint density at radius 1 is 0.219 bits per heavy atom. The van der Waals surface area contributed by atoms with E-state index in [1.807, 2.05) is 53.0 Å². The minimum Gasteiger partial charge on any atom is -0.416 e. The number of nitrogens with zero attached hydrogens (tertiary/aromatic N) is 2. The van der Waals surface area contributed by atoms with Crippen LogP contribution in [-0.2, 0) is 134 Å². The number of aromatic nitrogens is 2. The van der Waals surface area contributed by atoms with Crippen LogP contribution in [0.1, 0.15) is 304 Å². The monoisotopic (exact) mass is 1990 g/mol. The standard InChI is InChI=1S/C116H166N2O13S6/c1-13-25-46-119-71-111(72-120-47-26-14-2)58-86-70-132-99(87(86)59-111)100-90-62-113(75-123-50-29-17-5,76-124-51-30-18-6)63-91(90)103(134-100)104-94-66-115(79-127-54-33-21-9,80-128-55-34-22-10)67-95(94)107(136-104)108-97-69-116(81-129-56-35-23-11,82-130-57-36-24-12)68-96(97)106(137-108)105-93-65-114(77-125-52-31-19-7,78-126-53-32-20-8)64-92(93)102(135-105)101-89-61-112(73-121-48-27-15-3,74-122-49-28-16-4)60-88(89)98(133-101)83-42-44-85(45-43-83)110-118-117-109(131-110)84-40-38-37-39-41-84/h37-45,70H,13-36,46-69,71-82H2,1-12H3. The Kier molecular flexibility index (Phi) is 40.7. The minimum absolute atomic E-state index is 0.124. The summed E-state index contributed by atoms with van der Waals surface area (Å²) in [5.74, 6) is 1.02. The maximum absolute atomic E-state index is 7.15. The number of thiophene rings is 6. The van der Waals surface area contributed by atoms with Gasteiger partial charge in [0.05, 0.1) is 79.3 Å². The van der Waals surface area contributed by atoms with Gasteiger partial charge in [-0.2, -0.15) is 0 Å². The normalized spacial score (nSPS) is 16.6. The third-order valence-electron chi connectivity index (χ3n) is 29.7. The van der Waals surface area contributed by atoms with Crippen LogP contribution in [0.3, 0.4) is 0 Å². The topological polar surface area (TPSA) is 150 Å². The van der Waals surface area contributed by atoms with E-state index >= 15 is 0 Å². The van der Waals surface area contributed by atoms with Crippen LogP contribution in [0, 0.1) is 32.5 Å². The summed E-state index contributed by atoms with van der Waals surface area (Å²) in [7, 11) is 0. The van der Waals surface area contributed by atoms with Gasteiger partial charge in [-0.25, -0.2) is 0 Å². The number of fused-ring (bicyclic) bond motifs is 6. The van der Waals surface area contributed by atoms with Crippen molar-refractivity contribution in [2.75, 3.05) is 159 Å². The molecule has 15 nitrogen and oxygen atoms in total. The maximum atomic E-state index is 7.15. The summed E-state index contributed by atoms with van der Waals surface area (Å²) in [4.78, 5) is 15.7. The van der Waals surface area contributed by atoms with Gasteiger partial charge in [-0.05, 0) is 256 Å². The molecule has 21 heteroatoms. The van der Waals surface area contributed by atoms with Crippen LogP contribution in [0.25, 0.3) is 82.1 Å². The van der Waals surface area contributed by atoms with Crippen LogP contribution in [-0.4, -0.2) is 169 Å². The van der Waals surface area contributed by atoms with Gasteiger partial charge in [0, 0.05) is 177 Å². The third kappa shape index (κ3) is 25.9. The molecule has 0 spiro atoms. The van der Waals surface area contributed by atoms with Crippen molar-refractivity contribution in [2.45, 2.75) is 314 Å². The van der Waals surface area contributed by atoms with Crippen molar-refractivity contribution in [3.8, 4) is 82.1 Å². The number of benzene rings is 2. The largest absolute Gasteiger partial charge is 0.416 e. The first-order chi connectivity index (χ1) is 67.2. The zero-order chi connectivity index (χ0) is 95.5. The number of unbranched alkanes of at least 4 members (excludes halogenated alkanes) is 12. The SMILES string of the molecule is CCCCOCC1(COCCCC)Cc2csc(-c3sc(-c4sc(-c5sc(-c6sc(-c7sc(-c8ccc(-c9nnc(-c%10ccccc%10)o9)cc8)c8c7CC(COCCCC)(COCCCC)C8)c7c6CC(COCCCC)(COCCCC)C7)c6c5CC(COCCCC)(COCCCC)C6)c5c4CC(COCCCC)(COCCCC)C5)c4c3CC(COCCCC)(COCCCC)C4)c2C1. The molecule has 6 aliphatic carbocycles. The van der Waals surface area contributed by atoms with Crippen LogP contribution in [0.4, 0.5) is 0 Å². The van der Waals surface area contributed by atoms with Crippen molar-refractivity contribution in [1.82, 2.24) is 10.2 Å². The molecule has 0 bridgehead atoms. The molecule has 0 saturated carbocycles. The Bertz CT molecular complexity index is 5080. The Labute approximate surface area is 847 Å². The van der Waals surface area contributed by atoms with Crippen LogP contribution < -0.4 is 0 Å². The molecule has 2 aromatic carbocycles. The molecule has 0 saturated heterocycles. The molecule has 6 aliphatic rings. The fourth-order valence-electron chi connectivity index (χ4n) is 21.8. The van der Waals surface area contributed by atoms with Crippen molar-refractivity contribution in [1.29, 1.82) is 0 Å². The van der Waals surface area contributed by atoms with Gasteiger partial charge >= 0.3 is 0 Å². The molecule has 7 heterocycles. The van der Waals surface area contributed by atoms with Crippen molar-refractivity contribution in [3.63, 3.8) is 0 Å². The van der Waals surface area contributed by atoms with Gasteiger partial charge in [-0.1, -0.05) is 190 Å². The second-order valence-electron chi connectivity index (χ2n) is 42.0. The quantitative estimate of drug-likeness (QED) is 0.0332. The zero-order valence-electron chi connectivity index (χ0n) is 85.9. The van der Waals surface area contributed by atoms with Gasteiger partial charge in [0.25, 0.3) is 0 Å². The summed E-state index contributed by atoms with van der Waals surface area (Å²) in [5.41, 5.74) is 19.4. The Morgan fingerprint density at radius 3 is 0.642 bits per heavy atom.